The summed E-state index contributed by atoms with van der Waals surface area (Å²) in [6.07, 6.45) is -3.81. The first-order valence-corrected chi connectivity index (χ1v) is 9.30. The Morgan fingerprint density at radius 2 is 1.83 bits per heavy atom. The van der Waals surface area contributed by atoms with E-state index in [1.54, 1.807) is 6.07 Å². The van der Waals surface area contributed by atoms with Gasteiger partial charge in [-0.25, -0.2) is 13.4 Å². The van der Waals surface area contributed by atoms with Crippen molar-refractivity contribution >= 4 is 15.7 Å². The zero-order valence-electron chi connectivity index (χ0n) is 12.5. The first-order valence-electron chi connectivity index (χ1n) is 7.48. The zero-order valence-corrected chi connectivity index (χ0v) is 13.3. The summed E-state index contributed by atoms with van der Waals surface area (Å²) in [6.45, 7) is 2.37. The largest absolute Gasteiger partial charge is 0.433 e. The number of nitrogens with zero attached hydrogens (tertiary/aromatic N) is 3. The molecule has 0 amide bonds. The van der Waals surface area contributed by atoms with Crippen molar-refractivity contribution < 1.29 is 21.6 Å². The van der Waals surface area contributed by atoms with Crippen molar-refractivity contribution in [2.24, 2.45) is 0 Å². The average Bonchev–Trinajstić information content (AvgIpc) is 2.87. The minimum Gasteiger partial charge on any atom is -0.354 e. The van der Waals surface area contributed by atoms with Crippen molar-refractivity contribution in [2.45, 2.75) is 18.6 Å². The van der Waals surface area contributed by atoms with E-state index in [4.69, 9.17) is 0 Å². The molecule has 9 heteroatoms. The summed E-state index contributed by atoms with van der Waals surface area (Å²) < 4.78 is 61.3. The van der Waals surface area contributed by atoms with E-state index < -0.39 is 21.7 Å². The third-order valence-corrected chi connectivity index (χ3v) is 6.14. The van der Waals surface area contributed by atoms with Gasteiger partial charge in [0, 0.05) is 32.2 Å². The summed E-state index contributed by atoms with van der Waals surface area (Å²) in [4.78, 5) is 7.63. The minimum atomic E-state index is -4.45. The second-order valence-corrected chi connectivity index (χ2v) is 8.19. The summed E-state index contributed by atoms with van der Waals surface area (Å²) in [5.41, 5.74) is -0.890. The summed E-state index contributed by atoms with van der Waals surface area (Å²) in [6, 6.07) is 3.94. The molecule has 0 aromatic carbocycles. The molecule has 1 aromatic heterocycles. The van der Waals surface area contributed by atoms with Crippen molar-refractivity contribution in [3.8, 4) is 0 Å². The number of halogens is 3. The van der Waals surface area contributed by atoms with Crippen LogP contribution in [0.4, 0.5) is 19.0 Å². The molecule has 0 unspecified atom stereocenters. The molecule has 0 spiro atoms. The molecular weight excluding hydrogens is 331 g/mol. The number of sulfone groups is 1. The molecule has 0 N–H and O–H groups in total. The Hall–Kier alpha value is -1.35. The van der Waals surface area contributed by atoms with Gasteiger partial charge >= 0.3 is 6.18 Å². The molecule has 2 fully saturated rings. The minimum absolute atomic E-state index is 0.0385. The van der Waals surface area contributed by atoms with Crippen LogP contribution >= 0.6 is 0 Å². The number of hydrogen-bond donors (Lipinski definition) is 0. The molecule has 2 aliphatic heterocycles. The lowest BCUT2D eigenvalue weighted by atomic mass is 10.2. The molecule has 2 saturated heterocycles. The summed E-state index contributed by atoms with van der Waals surface area (Å²) >= 11 is 0. The molecule has 1 atom stereocenters. The molecule has 2 aliphatic rings. The van der Waals surface area contributed by atoms with Crippen LogP contribution in [0.25, 0.3) is 0 Å². The third-order valence-electron chi connectivity index (χ3n) is 4.39. The molecule has 3 rings (SSSR count). The van der Waals surface area contributed by atoms with E-state index in [1.165, 1.54) is 6.07 Å². The van der Waals surface area contributed by atoms with E-state index in [0.29, 0.717) is 38.4 Å². The Morgan fingerprint density at radius 3 is 2.39 bits per heavy atom. The smallest absolute Gasteiger partial charge is 0.354 e. The topological polar surface area (TPSA) is 53.5 Å². The SMILES string of the molecule is O=S1(=O)CC[C@@H](N2CCN(c3cccc(C(F)(F)F)n3)CC2)C1. The summed E-state index contributed by atoms with van der Waals surface area (Å²) in [5.74, 6) is 0.737. The van der Waals surface area contributed by atoms with Gasteiger partial charge in [0.2, 0.25) is 0 Å². The Balaban J connectivity index is 1.63. The van der Waals surface area contributed by atoms with Crippen molar-refractivity contribution in [3.63, 3.8) is 0 Å². The van der Waals surface area contributed by atoms with Crippen LogP contribution in [0.15, 0.2) is 18.2 Å². The van der Waals surface area contributed by atoms with E-state index in [9.17, 15) is 21.6 Å². The highest BCUT2D eigenvalue weighted by Gasteiger charge is 2.35. The van der Waals surface area contributed by atoms with Crippen LogP contribution in [0.2, 0.25) is 0 Å². The number of rotatable bonds is 2. The van der Waals surface area contributed by atoms with Crippen LogP contribution in [-0.4, -0.2) is 62.0 Å². The predicted octanol–water partition coefficient (Wildman–Crippen LogP) is 1.41. The predicted molar refractivity (Wildman–Crippen MR) is 80.1 cm³/mol. The summed E-state index contributed by atoms with van der Waals surface area (Å²) in [7, 11) is -2.93. The van der Waals surface area contributed by atoms with E-state index in [2.05, 4.69) is 9.88 Å². The molecule has 5 nitrogen and oxygen atoms in total. The zero-order chi connectivity index (χ0) is 16.7. The molecule has 128 valence electrons. The average molecular weight is 349 g/mol. The van der Waals surface area contributed by atoms with Gasteiger partial charge in [0.1, 0.15) is 11.5 Å². The van der Waals surface area contributed by atoms with Gasteiger partial charge in [-0.2, -0.15) is 13.2 Å². The van der Waals surface area contributed by atoms with Gasteiger partial charge in [0.25, 0.3) is 0 Å². The van der Waals surface area contributed by atoms with E-state index >= 15 is 0 Å². The van der Waals surface area contributed by atoms with Crippen molar-refractivity contribution in [1.82, 2.24) is 9.88 Å². The van der Waals surface area contributed by atoms with Gasteiger partial charge in [-0.15, -0.1) is 0 Å². The maximum atomic E-state index is 12.7. The van der Waals surface area contributed by atoms with E-state index in [0.717, 1.165) is 6.07 Å². The Labute approximate surface area is 133 Å². The second kappa shape index (κ2) is 5.94. The van der Waals surface area contributed by atoms with E-state index in [1.807, 2.05) is 4.90 Å². The normalized spacial score (nSPS) is 25.7. The lowest BCUT2D eigenvalue weighted by Crippen LogP contribution is -2.51. The monoisotopic (exact) mass is 349 g/mol. The fraction of sp³-hybridized carbons (Fsp3) is 0.643. The fourth-order valence-electron chi connectivity index (χ4n) is 3.14. The molecule has 3 heterocycles. The number of piperazine rings is 1. The Kier molecular flexibility index (Phi) is 4.26. The van der Waals surface area contributed by atoms with Crippen molar-refractivity contribution in [2.75, 3.05) is 42.6 Å². The standard InChI is InChI=1S/C14H18F3N3O2S/c15-14(16,17)12-2-1-3-13(18-12)20-7-5-19(6-8-20)11-4-9-23(21,22)10-11/h1-3,11H,4-10H2/t11-/m1/s1. The Morgan fingerprint density at radius 1 is 1.13 bits per heavy atom. The van der Waals surface area contributed by atoms with Crippen LogP contribution in [-0.2, 0) is 16.0 Å². The lowest BCUT2D eigenvalue weighted by Gasteiger charge is -2.38. The molecule has 0 saturated carbocycles. The number of anilines is 1. The Bertz CT molecular complexity index is 670. The van der Waals surface area contributed by atoms with Gasteiger partial charge in [0.05, 0.1) is 11.5 Å². The van der Waals surface area contributed by atoms with E-state index in [-0.39, 0.29) is 17.5 Å². The summed E-state index contributed by atoms with van der Waals surface area (Å²) in [5, 5.41) is 0. The van der Waals surface area contributed by atoms with Gasteiger partial charge in [-0.3, -0.25) is 4.90 Å². The van der Waals surface area contributed by atoms with Gasteiger partial charge in [-0.1, -0.05) is 6.07 Å². The van der Waals surface area contributed by atoms with Crippen LogP contribution in [0.5, 0.6) is 0 Å². The van der Waals surface area contributed by atoms with Gasteiger partial charge in [-0.05, 0) is 18.6 Å². The highest BCUT2D eigenvalue weighted by molar-refractivity contribution is 7.91. The second-order valence-electron chi connectivity index (χ2n) is 5.96. The van der Waals surface area contributed by atoms with Crippen LogP contribution in [0.3, 0.4) is 0 Å². The number of aromatic nitrogens is 1. The molecule has 0 aliphatic carbocycles. The number of hydrogen-bond acceptors (Lipinski definition) is 5. The molecule has 0 bridgehead atoms. The molecule has 23 heavy (non-hydrogen) atoms. The van der Waals surface area contributed by atoms with Crippen LogP contribution in [0.1, 0.15) is 12.1 Å². The van der Waals surface area contributed by atoms with Crippen LogP contribution < -0.4 is 4.90 Å². The highest BCUT2D eigenvalue weighted by atomic mass is 32.2. The first kappa shape index (κ1) is 16.5. The van der Waals surface area contributed by atoms with Gasteiger partial charge in [0.15, 0.2) is 9.84 Å². The molecule has 0 radical (unpaired) electrons. The maximum Gasteiger partial charge on any atom is 0.433 e. The van der Waals surface area contributed by atoms with Gasteiger partial charge < -0.3 is 4.90 Å². The number of alkyl halides is 3. The highest BCUT2D eigenvalue weighted by Crippen LogP contribution is 2.29. The lowest BCUT2D eigenvalue weighted by molar-refractivity contribution is -0.141. The van der Waals surface area contributed by atoms with Crippen molar-refractivity contribution in [1.29, 1.82) is 0 Å². The quantitative estimate of drug-likeness (QED) is 0.808. The van der Waals surface area contributed by atoms with Crippen LogP contribution in [0, 0.1) is 0 Å². The fourth-order valence-corrected chi connectivity index (χ4v) is 4.90. The maximum absolute atomic E-state index is 12.7. The van der Waals surface area contributed by atoms with Crippen molar-refractivity contribution in [3.05, 3.63) is 23.9 Å². The third kappa shape index (κ3) is 3.77. The number of pyridine rings is 1. The molecule has 1 aromatic rings. The first-order chi connectivity index (χ1) is 10.7. The molecular formula is C14H18F3N3O2S.